The SMILES string of the molecule is NC(=O)C[C@H](NC(=O)N[C@@H](CCCC(=O)O)C(N)=O)c1nc([C@@H](N)Cc2ccccc2)no1. The van der Waals surface area contributed by atoms with E-state index in [1.807, 2.05) is 30.3 Å². The topological polar surface area (TPSA) is 230 Å². The molecule has 1 aromatic heterocycles. The van der Waals surface area contributed by atoms with E-state index in [1.54, 1.807) is 0 Å². The highest BCUT2D eigenvalue weighted by Gasteiger charge is 2.27. The van der Waals surface area contributed by atoms with Gasteiger partial charge in [0.15, 0.2) is 5.82 Å². The lowest BCUT2D eigenvalue weighted by Gasteiger charge is -2.18. The van der Waals surface area contributed by atoms with Crippen molar-refractivity contribution in [2.75, 3.05) is 0 Å². The molecule has 0 saturated heterocycles. The zero-order valence-corrected chi connectivity index (χ0v) is 17.8. The second kappa shape index (κ2) is 12.1. The van der Waals surface area contributed by atoms with Gasteiger partial charge < -0.3 is 37.5 Å². The Morgan fingerprint density at radius 1 is 1.09 bits per heavy atom. The molecular weight excluding hydrogens is 434 g/mol. The van der Waals surface area contributed by atoms with E-state index in [0.29, 0.717) is 6.42 Å². The molecule has 1 aromatic carbocycles. The van der Waals surface area contributed by atoms with E-state index in [1.165, 1.54) is 0 Å². The fourth-order valence-corrected chi connectivity index (χ4v) is 3.00. The van der Waals surface area contributed by atoms with Crippen molar-refractivity contribution in [1.29, 1.82) is 0 Å². The normalized spacial score (nSPS) is 13.5. The minimum atomic E-state index is -1.11. The fraction of sp³-hybridized carbons (Fsp3) is 0.400. The van der Waals surface area contributed by atoms with Gasteiger partial charge in [0.1, 0.15) is 12.1 Å². The highest BCUT2D eigenvalue weighted by Crippen LogP contribution is 2.19. The van der Waals surface area contributed by atoms with Crippen LogP contribution in [0.4, 0.5) is 4.79 Å². The molecule has 2 aromatic rings. The van der Waals surface area contributed by atoms with Crippen LogP contribution in [0.15, 0.2) is 34.9 Å². The lowest BCUT2D eigenvalue weighted by atomic mass is 10.1. The van der Waals surface area contributed by atoms with Gasteiger partial charge in [-0.25, -0.2) is 4.79 Å². The number of rotatable bonds is 13. The second-order valence-electron chi connectivity index (χ2n) is 7.37. The summed E-state index contributed by atoms with van der Waals surface area (Å²) < 4.78 is 5.18. The first kappa shape index (κ1) is 25.3. The molecule has 0 aliphatic heterocycles. The van der Waals surface area contributed by atoms with Crippen molar-refractivity contribution in [2.45, 2.75) is 50.2 Å². The number of carboxylic acid groups (broad SMARTS) is 1. The van der Waals surface area contributed by atoms with Crippen LogP contribution in [0.25, 0.3) is 0 Å². The van der Waals surface area contributed by atoms with E-state index in [9.17, 15) is 19.2 Å². The van der Waals surface area contributed by atoms with Gasteiger partial charge in [0.25, 0.3) is 0 Å². The number of hydrogen-bond acceptors (Lipinski definition) is 8. The van der Waals surface area contributed by atoms with Crippen molar-refractivity contribution in [1.82, 2.24) is 20.8 Å². The van der Waals surface area contributed by atoms with E-state index in [-0.39, 0.29) is 37.4 Å². The molecule has 2 rings (SSSR count). The van der Waals surface area contributed by atoms with Crippen LogP contribution in [0.1, 0.15) is 55.0 Å². The molecule has 0 fully saturated rings. The molecular formula is C20H27N7O6. The Balaban J connectivity index is 2.05. The zero-order valence-electron chi connectivity index (χ0n) is 17.8. The average molecular weight is 461 g/mol. The Kier molecular flexibility index (Phi) is 9.30. The Hall–Kier alpha value is -4.00. The third-order valence-electron chi connectivity index (χ3n) is 4.63. The number of carboxylic acids is 1. The Morgan fingerprint density at radius 2 is 1.79 bits per heavy atom. The maximum Gasteiger partial charge on any atom is 0.316 e. The third kappa shape index (κ3) is 8.57. The van der Waals surface area contributed by atoms with Crippen LogP contribution in [-0.4, -0.2) is 45.1 Å². The minimum Gasteiger partial charge on any atom is -0.481 e. The van der Waals surface area contributed by atoms with Crippen molar-refractivity contribution >= 4 is 23.8 Å². The largest absolute Gasteiger partial charge is 0.481 e. The predicted molar refractivity (Wildman–Crippen MR) is 114 cm³/mol. The van der Waals surface area contributed by atoms with Crippen molar-refractivity contribution in [3.63, 3.8) is 0 Å². The summed E-state index contributed by atoms with van der Waals surface area (Å²) in [6, 6.07) is 5.77. The molecule has 178 valence electrons. The number of carbonyl (C=O) groups excluding carboxylic acids is 3. The van der Waals surface area contributed by atoms with Crippen LogP contribution >= 0.6 is 0 Å². The molecule has 0 bridgehead atoms. The standard InChI is InChI=1S/C20H27N7O6/c21-12(9-11-5-2-1-3-6-11)18-26-19(33-27-18)14(10-15(22)28)25-20(32)24-13(17(23)31)7-4-8-16(29)30/h1-3,5-6,12-14H,4,7-10,21H2,(H2,22,28)(H2,23,31)(H,29,30)(H2,24,25,32)/t12-,13-,14-/m0/s1. The molecule has 0 saturated carbocycles. The number of primary amides is 2. The van der Waals surface area contributed by atoms with Crippen molar-refractivity contribution in [2.24, 2.45) is 17.2 Å². The van der Waals surface area contributed by atoms with Gasteiger partial charge >= 0.3 is 12.0 Å². The maximum atomic E-state index is 12.4. The van der Waals surface area contributed by atoms with E-state index in [2.05, 4.69) is 20.8 Å². The van der Waals surface area contributed by atoms with Crippen LogP contribution in [0, 0.1) is 0 Å². The summed E-state index contributed by atoms with van der Waals surface area (Å²) in [5.41, 5.74) is 17.6. The van der Waals surface area contributed by atoms with Gasteiger partial charge in [-0.2, -0.15) is 4.98 Å². The summed E-state index contributed by atoms with van der Waals surface area (Å²) in [5.74, 6) is -2.55. The van der Waals surface area contributed by atoms with Crippen molar-refractivity contribution < 1.29 is 28.8 Å². The number of hydrogen-bond donors (Lipinski definition) is 6. The first-order valence-corrected chi connectivity index (χ1v) is 10.1. The molecule has 13 heteroatoms. The summed E-state index contributed by atoms with van der Waals surface area (Å²) in [5, 5.41) is 17.3. The molecule has 1 heterocycles. The minimum absolute atomic E-state index is 0.0224. The van der Waals surface area contributed by atoms with E-state index in [0.717, 1.165) is 5.56 Å². The van der Waals surface area contributed by atoms with Gasteiger partial charge in [-0.15, -0.1) is 0 Å². The molecule has 4 amide bonds. The molecule has 33 heavy (non-hydrogen) atoms. The summed E-state index contributed by atoms with van der Waals surface area (Å²) in [6.07, 6.45) is 0.0360. The maximum absolute atomic E-state index is 12.4. The fourth-order valence-electron chi connectivity index (χ4n) is 3.00. The van der Waals surface area contributed by atoms with Crippen LogP contribution in [0.3, 0.4) is 0 Å². The third-order valence-corrected chi connectivity index (χ3v) is 4.63. The number of nitrogens with zero attached hydrogens (tertiary/aromatic N) is 2. The number of carbonyl (C=O) groups is 4. The highest BCUT2D eigenvalue weighted by molar-refractivity contribution is 5.86. The predicted octanol–water partition coefficient (Wildman–Crippen LogP) is -0.363. The molecule has 3 atom stereocenters. The van der Waals surface area contributed by atoms with Gasteiger partial charge in [0.2, 0.25) is 17.7 Å². The van der Waals surface area contributed by atoms with Gasteiger partial charge in [0, 0.05) is 6.42 Å². The summed E-state index contributed by atoms with van der Waals surface area (Å²) >= 11 is 0. The smallest absolute Gasteiger partial charge is 0.316 e. The molecule has 9 N–H and O–H groups in total. The molecule has 0 aliphatic carbocycles. The van der Waals surface area contributed by atoms with Crippen LogP contribution in [-0.2, 0) is 20.8 Å². The number of urea groups is 1. The van der Waals surface area contributed by atoms with Gasteiger partial charge in [0.05, 0.1) is 12.5 Å². The lowest BCUT2D eigenvalue weighted by molar-refractivity contribution is -0.137. The summed E-state index contributed by atoms with van der Waals surface area (Å²) in [4.78, 5) is 50.3. The number of nitrogens with two attached hydrogens (primary N) is 3. The van der Waals surface area contributed by atoms with Crippen LogP contribution < -0.4 is 27.8 Å². The molecule has 0 radical (unpaired) electrons. The molecule has 0 unspecified atom stereocenters. The first-order chi connectivity index (χ1) is 15.7. The monoisotopic (exact) mass is 461 g/mol. The number of aromatic nitrogens is 2. The highest BCUT2D eigenvalue weighted by atomic mass is 16.5. The zero-order chi connectivity index (χ0) is 24.4. The average Bonchev–Trinajstić information content (AvgIpc) is 3.23. The van der Waals surface area contributed by atoms with E-state index < -0.39 is 41.9 Å². The molecule has 0 spiro atoms. The number of aliphatic carboxylic acids is 1. The summed E-state index contributed by atoms with van der Waals surface area (Å²) in [6.45, 7) is 0. The van der Waals surface area contributed by atoms with Crippen molar-refractivity contribution in [3.8, 4) is 0 Å². The lowest BCUT2D eigenvalue weighted by Crippen LogP contribution is -2.49. The van der Waals surface area contributed by atoms with Crippen LogP contribution in [0.2, 0.25) is 0 Å². The van der Waals surface area contributed by atoms with Gasteiger partial charge in [-0.3, -0.25) is 14.4 Å². The number of benzene rings is 1. The summed E-state index contributed by atoms with van der Waals surface area (Å²) in [7, 11) is 0. The van der Waals surface area contributed by atoms with E-state index in [4.69, 9.17) is 26.8 Å². The van der Waals surface area contributed by atoms with Gasteiger partial charge in [-0.1, -0.05) is 35.5 Å². The first-order valence-electron chi connectivity index (χ1n) is 10.1. The van der Waals surface area contributed by atoms with Gasteiger partial charge in [-0.05, 0) is 24.8 Å². The quantitative estimate of drug-likeness (QED) is 0.228. The van der Waals surface area contributed by atoms with Crippen LogP contribution in [0.5, 0.6) is 0 Å². The Labute approximate surface area is 189 Å². The number of amides is 4. The molecule has 13 nitrogen and oxygen atoms in total. The second-order valence-corrected chi connectivity index (χ2v) is 7.37. The Morgan fingerprint density at radius 3 is 2.39 bits per heavy atom. The number of nitrogens with one attached hydrogen (secondary N) is 2. The molecule has 0 aliphatic rings. The Bertz CT molecular complexity index is 965. The van der Waals surface area contributed by atoms with E-state index >= 15 is 0 Å². The van der Waals surface area contributed by atoms with Crippen molar-refractivity contribution in [3.05, 3.63) is 47.6 Å².